The van der Waals surface area contributed by atoms with E-state index in [0.717, 1.165) is 17.1 Å². The minimum atomic E-state index is -4.14. The van der Waals surface area contributed by atoms with Crippen LogP contribution in [0.4, 0.5) is 13.2 Å². The van der Waals surface area contributed by atoms with Crippen LogP contribution in [-0.4, -0.2) is 56.3 Å². The molecule has 0 unspecified atom stereocenters. The zero-order valence-corrected chi connectivity index (χ0v) is 18.1. The van der Waals surface area contributed by atoms with Crippen LogP contribution in [0.25, 0.3) is 5.65 Å². The number of ether oxygens (including phenoxy) is 1. The standard InChI is InChI=1S/C22H24F3N5O3/c1-13-8-18(19-10-29(6-7-33-19)21(31)17-11-32-12-26-17)30-20(27-13)9-16(28-30)14-2-4-15(5-3-14)22(23,24)25/h8-9,11-12,14-15,19H,2-7,10H2,1H3/t14?,15?,19-/m1/s1. The summed E-state index contributed by atoms with van der Waals surface area (Å²) in [4.78, 5) is 22.9. The highest BCUT2D eigenvalue weighted by Crippen LogP contribution is 2.42. The average Bonchev–Trinajstić information content (AvgIpc) is 3.48. The highest BCUT2D eigenvalue weighted by molar-refractivity contribution is 5.92. The molecule has 2 aliphatic rings. The number of rotatable bonds is 3. The highest BCUT2D eigenvalue weighted by Gasteiger charge is 2.42. The van der Waals surface area contributed by atoms with E-state index in [1.54, 1.807) is 9.42 Å². The third kappa shape index (κ3) is 4.33. The normalized spacial score (nSPS) is 24.4. The number of fused-ring (bicyclic) bond motifs is 1. The number of oxazole rings is 1. The molecule has 0 spiro atoms. The number of alkyl halides is 3. The Bertz CT molecular complexity index is 1140. The summed E-state index contributed by atoms with van der Waals surface area (Å²) in [6, 6.07) is 3.73. The van der Waals surface area contributed by atoms with Gasteiger partial charge in [0.2, 0.25) is 0 Å². The van der Waals surface area contributed by atoms with Gasteiger partial charge in [-0.1, -0.05) is 0 Å². The predicted molar refractivity (Wildman–Crippen MR) is 110 cm³/mol. The fourth-order valence-corrected chi connectivity index (χ4v) is 4.78. The lowest BCUT2D eigenvalue weighted by atomic mass is 9.80. The van der Waals surface area contributed by atoms with Crippen LogP contribution in [0, 0.1) is 12.8 Å². The number of morpholine rings is 1. The molecule has 1 aliphatic carbocycles. The monoisotopic (exact) mass is 463 g/mol. The number of hydrogen-bond donors (Lipinski definition) is 0. The van der Waals surface area contributed by atoms with E-state index in [0.29, 0.717) is 38.2 Å². The first-order valence-electron chi connectivity index (χ1n) is 11.0. The minimum Gasteiger partial charge on any atom is -0.451 e. The third-order valence-electron chi connectivity index (χ3n) is 6.55. The molecular weight excluding hydrogens is 439 g/mol. The van der Waals surface area contributed by atoms with Crippen LogP contribution < -0.4 is 0 Å². The van der Waals surface area contributed by atoms with Crippen molar-refractivity contribution in [2.45, 2.75) is 50.8 Å². The van der Waals surface area contributed by atoms with E-state index in [9.17, 15) is 18.0 Å². The van der Waals surface area contributed by atoms with Gasteiger partial charge in [-0.05, 0) is 38.7 Å². The van der Waals surface area contributed by atoms with Crippen LogP contribution in [0.1, 0.15) is 65.3 Å². The third-order valence-corrected chi connectivity index (χ3v) is 6.55. The number of hydrogen-bond acceptors (Lipinski definition) is 6. The minimum absolute atomic E-state index is 0.0315. The maximum atomic E-state index is 13.0. The molecule has 0 N–H and O–H groups in total. The molecule has 176 valence electrons. The summed E-state index contributed by atoms with van der Waals surface area (Å²) in [5.74, 6) is -1.50. The smallest absolute Gasteiger partial charge is 0.391 e. The van der Waals surface area contributed by atoms with Crippen LogP contribution in [0.5, 0.6) is 0 Å². The lowest BCUT2D eigenvalue weighted by Crippen LogP contribution is -2.42. The van der Waals surface area contributed by atoms with Gasteiger partial charge in [0.25, 0.3) is 5.91 Å². The first kappa shape index (κ1) is 21.9. The number of carbonyl (C=O) groups is 1. The first-order chi connectivity index (χ1) is 15.8. The number of amides is 1. The van der Waals surface area contributed by atoms with Gasteiger partial charge in [0.1, 0.15) is 12.4 Å². The Morgan fingerprint density at radius 3 is 2.67 bits per heavy atom. The molecular formula is C22H24F3N5O3. The van der Waals surface area contributed by atoms with E-state index in [1.165, 1.54) is 12.7 Å². The second kappa shape index (κ2) is 8.44. The van der Waals surface area contributed by atoms with Crippen molar-refractivity contribution in [3.05, 3.63) is 47.6 Å². The highest BCUT2D eigenvalue weighted by atomic mass is 19.4. The average molecular weight is 463 g/mol. The van der Waals surface area contributed by atoms with Crippen molar-refractivity contribution < 1.29 is 27.1 Å². The predicted octanol–water partition coefficient (Wildman–Crippen LogP) is 4.08. The summed E-state index contributed by atoms with van der Waals surface area (Å²) in [5, 5.41) is 4.72. The van der Waals surface area contributed by atoms with Gasteiger partial charge in [-0.15, -0.1) is 0 Å². The molecule has 0 aromatic carbocycles. The Kier molecular flexibility index (Phi) is 5.59. The number of aryl methyl sites for hydroxylation is 1. The number of aromatic nitrogens is 4. The van der Waals surface area contributed by atoms with Crippen molar-refractivity contribution in [2.75, 3.05) is 19.7 Å². The summed E-state index contributed by atoms with van der Waals surface area (Å²) in [6.45, 7) is 2.97. The lowest BCUT2D eigenvalue weighted by molar-refractivity contribution is -0.182. The van der Waals surface area contributed by atoms with Crippen molar-refractivity contribution in [1.29, 1.82) is 0 Å². The number of halogens is 3. The van der Waals surface area contributed by atoms with Gasteiger partial charge in [-0.25, -0.2) is 14.5 Å². The molecule has 8 nitrogen and oxygen atoms in total. The molecule has 5 rings (SSSR count). The molecule has 11 heteroatoms. The number of nitrogens with zero attached hydrogens (tertiary/aromatic N) is 5. The van der Waals surface area contributed by atoms with E-state index in [1.807, 2.05) is 19.1 Å². The molecule has 0 bridgehead atoms. The Balaban J connectivity index is 1.39. The molecule has 1 atom stereocenters. The van der Waals surface area contributed by atoms with Crippen LogP contribution in [0.15, 0.2) is 29.2 Å². The Morgan fingerprint density at radius 2 is 1.97 bits per heavy atom. The fraction of sp³-hybridized carbons (Fsp3) is 0.545. The van der Waals surface area contributed by atoms with Crippen LogP contribution in [0.3, 0.4) is 0 Å². The van der Waals surface area contributed by atoms with Crippen LogP contribution >= 0.6 is 0 Å². The van der Waals surface area contributed by atoms with Crippen LogP contribution in [0.2, 0.25) is 0 Å². The maximum absolute atomic E-state index is 13.0. The van der Waals surface area contributed by atoms with Gasteiger partial charge in [0.05, 0.1) is 30.5 Å². The molecule has 1 aliphatic heterocycles. The molecule has 3 aromatic rings. The van der Waals surface area contributed by atoms with Crippen molar-refractivity contribution >= 4 is 11.6 Å². The molecule has 33 heavy (non-hydrogen) atoms. The summed E-state index contributed by atoms with van der Waals surface area (Å²) >= 11 is 0. The van der Waals surface area contributed by atoms with Gasteiger partial charge in [0.15, 0.2) is 17.7 Å². The van der Waals surface area contributed by atoms with Crippen molar-refractivity contribution in [2.24, 2.45) is 5.92 Å². The summed E-state index contributed by atoms with van der Waals surface area (Å²) in [6.07, 6.45) is -0.900. The van der Waals surface area contributed by atoms with E-state index in [2.05, 4.69) is 9.97 Å². The van der Waals surface area contributed by atoms with Gasteiger partial charge in [0, 0.05) is 24.2 Å². The molecule has 2 fully saturated rings. The second-order valence-corrected chi connectivity index (χ2v) is 8.74. The van der Waals surface area contributed by atoms with E-state index >= 15 is 0 Å². The number of carbonyl (C=O) groups excluding carboxylic acids is 1. The fourth-order valence-electron chi connectivity index (χ4n) is 4.78. The Morgan fingerprint density at radius 1 is 1.18 bits per heavy atom. The molecule has 1 amide bonds. The summed E-state index contributed by atoms with van der Waals surface area (Å²) < 4.78 is 51.7. The lowest BCUT2D eigenvalue weighted by Gasteiger charge is -2.32. The van der Waals surface area contributed by atoms with Gasteiger partial charge < -0.3 is 14.1 Å². The van der Waals surface area contributed by atoms with Crippen molar-refractivity contribution in [3.63, 3.8) is 0 Å². The summed E-state index contributed by atoms with van der Waals surface area (Å²) in [5.41, 5.74) is 3.14. The Hall–Kier alpha value is -2.95. The van der Waals surface area contributed by atoms with Gasteiger partial charge in [-0.2, -0.15) is 18.3 Å². The van der Waals surface area contributed by atoms with Gasteiger partial charge in [-0.3, -0.25) is 4.79 Å². The van der Waals surface area contributed by atoms with Crippen molar-refractivity contribution in [3.8, 4) is 0 Å². The van der Waals surface area contributed by atoms with E-state index in [4.69, 9.17) is 14.3 Å². The SMILES string of the molecule is Cc1cc([C@H]2CN(C(=O)c3cocn3)CCO2)n2nc(C3CCC(C(F)(F)F)CC3)cc2n1. The van der Waals surface area contributed by atoms with E-state index in [-0.39, 0.29) is 30.4 Å². The van der Waals surface area contributed by atoms with Gasteiger partial charge >= 0.3 is 6.18 Å². The second-order valence-electron chi connectivity index (χ2n) is 8.74. The maximum Gasteiger partial charge on any atom is 0.391 e. The van der Waals surface area contributed by atoms with E-state index < -0.39 is 18.2 Å². The first-order valence-corrected chi connectivity index (χ1v) is 11.0. The zero-order chi connectivity index (χ0) is 23.2. The Labute approximate surface area is 187 Å². The summed E-state index contributed by atoms with van der Waals surface area (Å²) in [7, 11) is 0. The largest absolute Gasteiger partial charge is 0.451 e. The topological polar surface area (TPSA) is 85.8 Å². The molecule has 1 saturated carbocycles. The molecule has 1 saturated heterocycles. The van der Waals surface area contributed by atoms with Crippen molar-refractivity contribution in [1.82, 2.24) is 24.5 Å². The molecule has 4 heterocycles. The molecule has 0 radical (unpaired) electrons. The van der Waals surface area contributed by atoms with Crippen LogP contribution in [-0.2, 0) is 4.74 Å². The quantitative estimate of drug-likeness (QED) is 0.582. The molecule has 3 aromatic heterocycles. The zero-order valence-electron chi connectivity index (χ0n) is 18.1.